The zero-order valence-corrected chi connectivity index (χ0v) is 10.7. The van der Waals surface area contributed by atoms with Gasteiger partial charge in [-0.05, 0) is 18.2 Å². The molecule has 0 spiro atoms. The van der Waals surface area contributed by atoms with Gasteiger partial charge in [0.2, 0.25) is 0 Å². The minimum Gasteiger partial charge on any atom is -0.428 e. The molecule has 0 saturated carbocycles. The molecule has 78 valence electrons. The van der Waals surface area contributed by atoms with Crippen LogP contribution in [0.25, 0.3) is 11.1 Å². The summed E-state index contributed by atoms with van der Waals surface area (Å²) < 4.78 is 5.53. The van der Waals surface area contributed by atoms with Gasteiger partial charge in [-0.15, -0.1) is 0 Å². The van der Waals surface area contributed by atoms with Gasteiger partial charge in [-0.2, -0.15) is 4.98 Å². The Bertz CT molecular complexity index is 517. The summed E-state index contributed by atoms with van der Waals surface area (Å²) in [6, 6.07) is 5.44. The molecule has 1 heterocycles. The maximum absolute atomic E-state index is 5.86. The Kier molecular flexibility index (Phi) is 3.29. The Morgan fingerprint density at radius 3 is 3.00 bits per heavy atom. The molecule has 2 rings (SSSR count). The second-order valence-corrected chi connectivity index (χ2v) is 6.10. The molecule has 0 aliphatic heterocycles. The van der Waals surface area contributed by atoms with Crippen molar-refractivity contribution >= 4 is 48.7 Å². The van der Waals surface area contributed by atoms with E-state index in [4.69, 9.17) is 16.0 Å². The molecule has 0 radical (unpaired) electrons. The maximum atomic E-state index is 5.86. The van der Waals surface area contributed by atoms with Crippen LogP contribution in [0.3, 0.4) is 0 Å². The van der Waals surface area contributed by atoms with Gasteiger partial charge in [0.15, 0.2) is 10.4 Å². The fraction of sp³-hybridized carbons (Fsp3) is 0.200. The average Bonchev–Trinajstić information content (AvgIpc) is 2.56. The molecular formula is C10H9ClNOS2+. The topological polar surface area (TPSA) is 26.0 Å². The van der Waals surface area contributed by atoms with Crippen molar-refractivity contribution in [1.82, 2.24) is 4.98 Å². The second-order valence-electron chi connectivity index (χ2n) is 3.17. The molecule has 5 heteroatoms. The number of benzene rings is 1. The Hall–Kier alpha value is -0.580. The van der Waals surface area contributed by atoms with Gasteiger partial charge in [-0.25, -0.2) is 0 Å². The molecular weight excluding hydrogens is 250 g/mol. The number of hydrogen-bond donors (Lipinski definition) is 0. The first-order valence-electron chi connectivity index (χ1n) is 4.36. The van der Waals surface area contributed by atoms with E-state index in [0.29, 0.717) is 10.2 Å². The summed E-state index contributed by atoms with van der Waals surface area (Å²) in [4.78, 5) is 5.59. The van der Waals surface area contributed by atoms with Gasteiger partial charge in [0.1, 0.15) is 5.52 Å². The van der Waals surface area contributed by atoms with Crippen molar-refractivity contribution in [3.05, 3.63) is 23.2 Å². The molecule has 2 nitrogen and oxygen atoms in total. The summed E-state index contributed by atoms with van der Waals surface area (Å²) in [6.07, 6.45) is 0. The Morgan fingerprint density at radius 2 is 2.27 bits per heavy atom. The van der Waals surface area contributed by atoms with Crippen molar-refractivity contribution in [3.63, 3.8) is 0 Å². The Labute approximate surface area is 100 Å². The maximum Gasteiger partial charge on any atom is 0.320 e. The highest BCUT2D eigenvalue weighted by molar-refractivity contribution is 8.65. The lowest BCUT2D eigenvalue weighted by Crippen LogP contribution is -1.78. The lowest BCUT2D eigenvalue weighted by Gasteiger charge is -1.85. The Balaban J connectivity index is 2.35. The van der Waals surface area contributed by atoms with Crippen LogP contribution in [0, 0.1) is 0 Å². The van der Waals surface area contributed by atoms with Gasteiger partial charge < -0.3 is 4.42 Å². The highest BCUT2D eigenvalue weighted by atomic mass is 35.5. The number of nitrogens with zero attached hydrogens (tertiary/aromatic N) is 1. The fourth-order valence-electron chi connectivity index (χ4n) is 1.03. The lowest BCUT2D eigenvalue weighted by molar-refractivity contribution is 0.491. The summed E-state index contributed by atoms with van der Waals surface area (Å²) in [5, 5.41) is 1.34. The molecule has 0 N–H and O–H groups in total. The first kappa shape index (κ1) is 10.9. The Morgan fingerprint density at radius 1 is 1.47 bits per heavy atom. The van der Waals surface area contributed by atoms with E-state index >= 15 is 0 Å². The number of rotatable bonds is 2. The molecule has 0 fully saturated rings. The fourth-order valence-corrected chi connectivity index (χ4v) is 2.63. The number of aromatic nitrogens is 1. The normalized spacial score (nSPS) is 10.6. The SMILES string of the molecule is CC(C)=[S+]Sc1nc2cc(Cl)ccc2o1. The molecule has 2 aromatic rings. The van der Waals surface area contributed by atoms with Gasteiger partial charge >= 0.3 is 5.22 Å². The van der Waals surface area contributed by atoms with E-state index in [2.05, 4.69) is 18.8 Å². The van der Waals surface area contributed by atoms with E-state index in [9.17, 15) is 0 Å². The van der Waals surface area contributed by atoms with Gasteiger partial charge in [-0.1, -0.05) is 11.6 Å². The third kappa shape index (κ3) is 2.71. The van der Waals surface area contributed by atoms with Gasteiger partial charge in [0.25, 0.3) is 21.2 Å². The number of halogens is 1. The molecule has 0 aliphatic carbocycles. The minimum absolute atomic E-state index is 0.665. The first-order valence-corrected chi connectivity index (χ1v) is 6.89. The van der Waals surface area contributed by atoms with Gasteiger partial charge in [0, 0.05) is 18.9 Å². The second kappa shape index (κ2) is 4.51. The molecule has 15 heavy (non-hydrogen) atoms. The van der Waals surface area contributed by atoms with Gasteiger partial charge in [0.05, 0.1) is 0 Å². The van der Waals surface area contributed by atoms with Crippen LogP contribution in [-0.4, -0.2) is 9.85 Å². The third-order valence-corrected chi connectivity index (χ3v) is 4.26. The predicted molar refractivity (Wildman–Crippen MR) is 68.6 cm³/mol. The van der Waals surface area contributed by atoms with Crippen molar-refractivity contribution in [2.24, 2.45) is 0 Å². The van der Waals surface area contributed by atoms with E-state index in [1.54, 1.807) is 22.5 Å². The van der Waals surface area contributed by atoms with Gasteiger partial charge in [-0.3, -0.25) is 0 Å². The van der Waals surface area contributed by atoms with Crippen LogP contribution in [0.1, 0.15) is 13.8 Å². The van der Waals surface area contributed by atoms with Crippen LogP contribution in [-0.2, 0) is 10.4 Å². The van der Waals surface area contributed by atoms with E-state index < -0.39 is 0 Å². The standard InChI is InChI=1S/C10H9ClNOS2/c1-6(2)14-15-10-12-8-5-7(11)3-4-9(8)13-10/h3-5H,1-2H3/q+1. The highest BCUT2D eigenvalue weighted by Gasteiger charge is 2.13. The van der Waals surface area contributed by atoms with Crippen molar-refractivity contribution in [3.8, 4) is 0 Å². The monoisotopic (exact) mass is 258 g/mol. The van der Waals surface area contributed by atoms with Crippen LogP contribution < -0.4 is 0 Å². The van der Waals surface area contributed by atoms with E-state index in [1.807, 2.05) is 6.07 Å². The average molecular weight is 259 g/mol. The molecule has 1 aromatic carbocycles. The highest BCUT2D eigenvalue weighted by Crippen LogP contribution is 2.25. The van der Waals surface area contributed by atoms with E-state index in [1.165, 1.54) is 15.7 Å². The van der Waals surface area contributed by atoms with Crippen molar-refractivity contribution in [2.75, 3.05) is 0 Å². The lowest BCUT2D eigenvalue weighted by atomic mass is 10.3. The quantitative estimate of drug-likeness (QED) is 0.466. The molecule has 0 amide bonds. The molecule has 0 saturated heterocycles. The van der Waals surface area contributed by atoms with Crippen LogP contribution in [0.4, 0.5) is 0 Å². The molecule has 0 bridgehead atoms. The summed E-state index contributed by atoms with van der Waals surface area (Å²) in [7, 11) is 3.17. The van der Waals surface area contributed by atoms with Crippen molar-refractivity contribution in [2.45, 2.75) is 19.1 Å². The molecule has 1 aromatic heterocycles. The zero-order chi connectivity index (χ0) is 10.8. The zero-order valence-electron chi connectivity index (χ0n) is 8.28. The summed E-state index contributed by atoms with van der Waals surface area (Å²) >= 11 is 5.86. The summed E-state index contributed by atoms with van der Waals surface area (Å²) in [6.45, 7) is 4.11. The van der Waals surface area contributed by atoms with Crippen LogP contribution >= 0.6 is 22.4 Å². The largest absolute Gasteiger partial charge is 0.428 e. The summed E-state index contributed by atoms with van der Waals surface area (Å²) in [5.41, 5.74) is 1.58. The predicted octanol–water partition coefficient (Wildman–Crippen LogP) is 3.78. The molecule has 0 unspecified atom stereocenters. The first-order chi connectivity index (χ1) is 7.15. The van der Waals surface area contributed by atoms with E-state index in [-0.39, 0.29) is 0 Å². The number of oxazole rings is 1. The van der Waals surface area contributed by atoms with Crippen molar-refractivity contribution in [1.29, 1.82) is 0 Å². The van der Waals surface area contributed by atoms with Crippen LogP contribution in [0.5, 0.6) is 0 Å². The van der Waals surface area contributed by atoms with Crippen LogP contribution in [0.15, 0.2) is 27.8 Å². The minimum atomic E-state index is 0.665. The van der Waals surface area contributed by atoms with Crippen LogP contribution in [0.2, 0.25) is 5.02 Å². The number of fused-ring (bicyclic) bond motifs is 1. The smallest absolute Gasteiger partial charge is 0.320 e. The number of hydrogen-bond acceptors (Lipinski definition) is 3. The summed E-state index contributed by atoms with van der Waals surface area (Å²) in [5.74, 6) is 0. The molecule has 0 aliphatic rings. The third-order valence-electron chi connectivity index (χ3n) is 1.61. The molecule has 0 atom stereocenters. The van der Waals surface area contributed by atoms with E-state index in [0.717, 1.165) is 11.1 Å². The van der Waals surface area contributed by atoms with Crippen molar-refractivity contribution < 1.29 is 4.42 Å².